The second kappa shape index (κ2) is 11.9. The third-order valence-corrected chi connectivity index (χ3v) is 7.20. The molecule has 0 aliphatic heterocycles. The fourth-order valence-electron chi connectivity index (χ4n) is 3.72. The molecule has 0 radical (unpaired) electrons. The van der Waals surface area contributed by atoms with Gasteiger partial charge in [-0.2, -0.15) is 0 Å². The molecular formula is C24H31Cl2N3O4S. The van der Waals surface area contributed by atoms with Gasteiger partial charge in [-0.1, -0.05) is 35.3 Å². The van der Waals surface area contributed by atoms with Crippen LogP contribution in [0.2, 0.25) is 10.0 Å². The van der Waals surface area contributed by atoms with Crippen molar-refractivity contribution in [3.63, 3.8) is 0 Å². The highest BCUT2D eigenvalue weighted by Crippen LogP contribution is 2.25. The number of halogens is 2. The van der Waals surface area contributed by atoms with Gasteiger partial charge in [-0.15, -0.1) is 0 Å². The van der Waals surface area contributed by atoms with Crippen molar-refractivity contribution >= 4 is 50.7 Å². The number of carbonyl (C=O) groups excluding carboxylic acids is 2. The van der Waals surface area contributed by atoms with Crippen molar-refractivity contribution in [2.75, 3.05) is 24.2 Å². The summed E-state index contributed by atoms with van der Waals surface area (Å²) in [7, 11) is -2.04. The number of anilines is 1. The Labute approximate surface area is 212 Å². The summed E-state index contributed by atoms with van der Waals surface area (Å²) in [4.78, 5) is 26.9. The van der Waals surface area contributed by atoms with Crippen molar-refractivity contribution in [1.82, 2.24) is 10.2 Å². The number of carbonyl (C=O) groups is 2. The largest absolute Gasteiger partial charge is 0.357 e. The van der Waals surface area contributed by atoms with Gasteiger partial charge in [0.15, 0.2) is 0 Å². The lowest BCUT2D eigenvalue weighted by molar-refractivity contribution is -0.140. The lowest BCUT2D eigenvalue weighted by Crippen LogP contribution is -2.46. The van der Waals surface area contributed by atoms with E-state index in [4.69, 9.17) is 23.2 Å². The molecule has 10 heteroatoms. The number of nitrogens with one attached hydrogen (secondary N) is 1. The number of amides is 2. The maximum atomic E-state index is 13.2. The Morgan fingerprint density at radius 1 is 1.06 bits per heavy atom. The molecule has 0 saturated heterocycles. The molecule has 0 unspecified atom stereocenters. The quantitative estimate of drug-likeness (QED) is 0.498. The summed E-state index contributed by atoms with van der Waals surface area (Å²) in [6.45, 7) is 5.70. The summed E-state index contributed by atoms with van der Waals surface area (Å²) in [6, 6.07) is 9.80. The number of hydrogen-bond acceptors (Lipinski definition) is 4. The van der Waals surface area contributed by atoms with Crippen LogP contribution in [-0.2, 0) is 26.2 Å². The van der Waals surface area contributed by atoms with Gasteiger partial charge >= 0.3 is 0 Å². The number of sulfonamides is 1. The highest BCUT2D eigenvalue weighted by Gasteiger charge is 2.26. The fourth-order valence-corrected chi connectivity index (χ4v) is 5.14. The molecule has 7 nitrogen and oxygen atoms in total. The average Bonchev–Trinajstić information content (AvgIpc) is 2.73. The zero-order valence-electron chi connectivity index (χ0n) is 20.1. The predicted molar refractivity (Wildman–Crippen MR) is 138 cm³/mol. The van der Waals surface area contributed by atoms with Crippen LogP contribution in [0.15, 0.2) is 36.4 Å². The van der Waals surface area contributed by atoms with Gasteiger partial charge in [0.1, 0.15) is 6.04 Å². The van der Waals surface area contributed by atoms with E-state index in [-0.39, 0.29) is 37.7 Å². The van der Waals surface area contributed by atoms with E-state index in [2.05, 4.69) is 5.32 Å². The van der Waals surface area contributed by atoms with Gasteiger partial charge < -0.3 is 10.2 Å². The third-order valence-electron chi connectivity index (χ3n) is 5.42. The molecule has 0 fully saturated rings. The Balaban J connectivity index is 2.20. The summed E-state index contributed by atoms with van der Waals surface area (Å²) in [5, 5.41) is 3.43. The first-order chi connectivity index (χ1) is 15.8. The Kier molecular flexibility index (Phi) is 9.79. The van der Waals surface area contributed by atoms with E-state index in [1.807, 2.05) is 19.9 Å². The number of aryl methyl sites for hydroxylation is 2. The number of nitrogens with zero attached hydrogens (tertiary/aromatic N) is 2. The average molecular weight is 529 g/mol. The van der Waals surface area contributed by atoms with Crippen LogP contribution in [0.4, 0.5) is 5.69 Å². The minimum Gasteiger partial charge on any atom is -0.357 e. The molecule has 0 spiro atoms. The Bertz CT molecular complexity index is 1130. The van der Waals surface area contributed by atoms with Crippen LogP contribution in [0.25, 0.3) is 0 Å². The molecule has 0 aromatic heterocycles. The summed E-state index contributed by atoms with van der Waals surface area (Å²) in [5.74, 6) is -0.595. The van der Waals surface area contributed by atoms with Crippen LogP contribution in [0, 0.1) is 13.8 Å². The smallest absolute Gasteiger partial charge is 0.242 e. The summed E-state index contributed by atoms with van der Waals surface area (Å²) >= 11 is 12.3. The first-order valence-corrected chi connectivity index (χ1v) is 13.4. The normalized spacial score (nSPS) is 12.2. The number of likely N-dealkylation sites (N-methyl/N-ethyl adjacent to an activating group) is 1. The monoisotopic (exact) mass is 527 g/mol. The van der Waals surface area contributed by atoms with Crippen molar-refractivity contribution in [3.8, 4) is 0 Å². The van der Waals surface area contributed by atoms with Crippen molar-refractivity contribution < 1.29 is 18.0 Å². The molecule has 2 rings (SSSR count). The fraction of sp³-hybridized carbons (Fsp3) is 0.417. The van der Waals surface area contributed by atoms with E-state index in [1.165, 1.54) is 16.3 Å². The van der Waals surface area contributed by atoms with Crippen LogP contribution in [0.1, 0.15) is 36.5 Å². The highest BCUT2D eigenvalue weighted by molar-refractivity contribution is 7.92. The van der Waals surface area contributed by atoms with Gasteiger partial charge in [-0.3, -0.25) is 13.9 Å². The third kappa shape index (κ3) is 7.61. The van der Waals surface area contributed by atoms with E-state index in [0.29, 0.717) is 21.3 Å². The van der Waals surface area contributed by atoms with Gasteiger partial charge in [-0.05, 0) is 68.1 Å². The number of rotatable bonds is 10. The van der Waals surface area contributed by atoms with Gasteiger partial charge in [-0.25, -0.2) is 8.42 Å². The molecule has 2 aromatic rings. The Hall–Kier alpha value is -2.29. The molecule has 0 aliphatic carbocycles. The highest BCUT2D eigenvalue weighted by atomic mass is 35.5. The number of hydrogen-bond donors (Lipinski definition) is 1. The second-order valence-electron chi connectivity index (χ2n) is 8.33. The molecule has 2 amide bonds. The van der Waals surface area contributed by atoms with Crippen LogP contribution in [-0.4, -0.2) is 51.0 Å². The zero-order valence-corrected chi connectivity index (χ0v) is 22.4. The molecular weight excluding hydrogens is 497 g/mol. The van der Waals surface area contributed by atoms with Crippen LogP contribution >= 0.6 is 23.2 Å². The van der Waals surface area contributed by atoms with Crippen LogP contribution < -0.4 is 9.62 Å². The standard InChI is InChI=1S/C24H31Cl2N3O4S/c1-16-11-17(2)13-21(12-16)29(34(5,32)33)10-6-7-23(30)28(18(3)24(31)27-4)15-19-8-9-20(25)14-22(19)26/h8-9,11-14,18H,6-7,10,15H2,1-5H3,(H,27,31)/t18-/m1/s1. The zero-order chi connectivity index (χ0) is 25.6. The van der Waals surface area contributed by atoms with Crippen LogP contribution in [0.5, 0.6) is 0 Å². The maximum absolute atomic E-state index is 13.2. The topological polar surface area (TPSA) is 86.8 Å². The van der Waals surface area contributed by atoms with Gasteiger partial charge in [0.2, 0.25) is 21.8 Å². The first-order valence-electron chi connectivity index (χ1n) is 10.8. The Morgan fingerprint density at radius 2 is 1.68 bits per heavy atom. The molecule has 0 bridgehead atoms. The molecule has 186 valence electrons. The van der Waals surface area contributed by atoms with Crippen molar-refractivity contribution in [2.24, 2.45) is 0 Å². The summed E-state index contributed by atoms with van der Waals surface area (Å²) < 4.78 is 26.2. The summed E-state index contributed by atoms with van der Waals surface area (Å²) in [6.07, 6.45) is 1.49. The molecule has 1 atom stereocenters. The SMILES string of the molecule is CNC(=O)[C@@H](C)N(Cc1ccc(Cl)cc1Cl)C(=O)CCCN(c1cc(C)cc(C)c1)S(C)(=O)=O. The molecule has 34 heavy (non-hydrogen) atoms. The lowest BCUT2D eigenvalue weighted by atomic mass is 10.1. The second-order valence-corrected chi connectivity index (χ2v) is 11.1. The molecule has 1 N–H and O–H groups in total. The van der Waals surface area contributed by atoms with Crippen molar-refractivity contribution in [3.05, 3.63) is 63.1 Å². The maximum Gasteiger partial charge on any atom is 0.242 e. The van der Waals surface area contributed by atoms with Gasteiger partial charge in [0, 0.05) is 36.6 Å². The van der Waals surface area contributed by atoms with E-state index >= 15 is 0 Å². The number of benzene rings is 2. The molecule has 0 heterocycles. The molecule has 2 aromatic carbocycles. The van der Waals surface area contributed by atoms with Crippen LogP contribution in [0.3, 0.4) is 0 Å². The van der Waals surface area contributed by atoms with Gasteiger partial charge in [0.05, 0.1) is 11.9 Å². The predicted octanol–water partition coefficient (Wildman–Crippen LogP) is 4.32. The van der Waals surface area contributed by atoms with E-state index < -0.39 is 16.1 Å². The van der Waals surface area contributed by atoms with Crippen molar-refractivity contribution in [2.45, 2.75) is 46.2 Å². The van der Waals surface area contributed by atoms with E-state index in [1.54, 1.807) is 37.3 Å². The lowest BCUT2D eigenvalue weighted by Gasteiger charge is -2.29. The molecule has 0 saturated carbocycles. The summed E-state index contributed by atoms with van der Waals surface area (Å²) in [5.41, 5.74) is 3.12. The minimum atomic E-state index is -3.55. The van der Waals surface area contributed by atoms with E-state index in [0.717, 1.165) is 17.4 Å². The van der Waals surface area contributed by atoms with Crippen molar-refractivity contribution in [1.29, 1.82) is 0 Å². The Morgan fingerprint density at radius 3 is 2.21 bits per heavy atom. The molecule has 0 aliphatic rings. The van der Waals surface area contributed by atoms with E-state index in [9.17, 15) is 18.0 Å². The van der Waals surface area contributed by atoms with Gasteiger partial charge in [0.25, 0.3) is 0 Å². The minimum absolute atomic E-state index is 0.0589. The first kappa shape index (κ1) is 28.0.